The number of azo groups is 1. The van der Waals surface area contributed by atoms with E-state index in [1.165, 1.54) is 0 Å². The van der Waals surface area contributed by atoms with E-state index in [2.05, 4.69) is 10.2 Å². The SMILES string of the molecule is CN(C)c1ccc(N=Nc2ccc(CN)cc2)c(O)c1.Cl. The van der Waals surface area contributed by atoms with E-state index in [9.17, 15) is 5.11 Å². The number of benzene rings is 2. The minimum atomic E-state index is 0. The third kappa shape index (κ3) is 4.44. The number of aromatic hydroxyl groups is 1. The molecule has 0 aliphatic heterocycles. The van der Waals surface area contributed by atoms with Gasteiger partial charge >= 0.3 is 0 Å². The van der Waals surface area contributed by atoms with Gasteiger partial charge in [-0.25, -0.2) is 0 Å². The Morgan fingerprint density at radius 1 is 1.05 bits per heavy atom. The van der Waals surface area contributed by atoms with Crippen LogP contribution in [0.3, 0.4) is 0 Å². The highest BCUT2D eigenvalue weighted by molar-refractivity contribution is 5.85. The zero-order valence-corrected chi connectivity index (χ0v) is 12.8. The Kier molecular flexibility index (Phi) is 6.14. The van der Waals surface area contributed by atoms with Crippen LogP contribution in [0, 0.1) is 0 Å². The maximum atomic E-state index is 9.90. The molecular weight excluding hydrogens is 288 g/mol. The van der Waals surface area contributed by atoms with Gasteiger partial charge in [0.2, 0.25) is 0 Å². The van der Waals surface area contributed by atoms with Gasteiger partial charge in [0.05, 0.1) is 5.69 Å². The lowest BCUT2D eigenvalue weighted by molar-refractivity contribution is 0.476. The zero-order valence-electron chi connectivity index (χ0n) is 12.0. The van der Waals surface area contributed by atoms with Gasteiger partial charge in [0.1, 0.15) is 11.4 Å². The maximum absolute atomic E-state index is 9.90. The Labute approximate surface area is 130 Å². The van der Waals surface area contributed by atoms with Crippen LogP contribution in [0.15, 0.2) is 52.7 Å². The molecule has 0 fully saturated rings. The lowest BCUT2D eigenvalue weighted by atomic mass is 10.2. The first-order valence-electron chi connectivity index (χ1n) is 6.31. The van der Waals surface area contributed by atoms with E-state index in [-0.39, 0.29) is 18.2 Å². The Balaban J connectivity index is 0.00000220. The van der Waals surface area contributed by atoms with Gasteiger partial charge in [0.25, 0.3) is 0 Å². The van der Waals surface area contributed by atoms with E-state index in [0.717, 1.165) is 16.9 Å². The van der Waals surface area contributed by atoms with Crippen molar-refractivity contribution in [2.24, 2.45) is 16.0 Å². The van der Waals surface area contributed by atoms with Gasteiger partial charge in [-0.2, -0.15) is 5.11 Å². The number of nitrogens with two attached hydrogens (primary N) is 1. The molecule has 0 aliphatic carbocycles. The minimum Gasteiger partial charge on any atom is -0.506 e. The first kappa shape index (κ1) is 16.9. The number of hydrogen-bond acceptors (Lipinski definition) is 5. The Morgan fingerprint density at radius 3 is 2.24 bits per heavy atom. The molecule has 0 unspecified atom stereocenters. The summed E-state index contributed by atoms with van der Waals surface area (Å²) >= 11 is 0. The molecule has 21 heavy (non-hydrogen) atoms. The van der Waals surface area contributed by atoms with Crippen molar-refractivity contribution in [2.45, 2.75) is 6.54 Å². The fourth-order valence-electron chi connectivity index (χ4n) is 1.68. The van der Waals surface area contributed by atoms with Crippen LogP contribution in [0.25, 0.3) is 0 Å². The summed E-state index contributed by atoms with van der Waals surface area (Å²) in [6.07, 6.45) is 0. The number of halogens is 1. The smallest absolute Gasteiger partial charge is 0.145 e. The van der Waals surface area contributed by atoms with Gasteiger partial charge in [-0.3, -0.25) is 0 Å². The van der Waals surface area contributed by atoms with E-state index in [1.807, 2.05) is 49.3 Å². The molecule has 0 radical (unpaired) electrons. The third-order valence-corrected chi connectivity index (χ3v) is 2.92. The molecule has 6 heteroatoms. The Hall–Kier alpha value is -2.11. The van der Waals surface area contributed by atoms with Crippen LogP contribution in [-0.2, 0) is 6.54 Å². The summed E-state index contributed by atoms with van der Waals surface area (Å²) < 4.78 is 0. The number of anilines is 1. The highest BCUT2D eigenvalue weighted by Gasteiger charge is 2.03. The zero-order chi connectivity index (χ0) is 14.5. The summed E-state index contributed by atoms with van der Waals surface area (Å²) in [5, 5.41) is 18.1. The highest BCUT2D eigenvalue weighted by atomic mass is 35.5. The molecule has 112 valence electrons. The van der Waals surface area contributed by atoms with Crippen molar-refractivity contribution >= 4 is 29.5 Å². The summed E-state index contributed by atoms with van der Waals surface area (Å²) in [4.78, 5) is 1.91. The molecule has 0 aliphatic rings. The van der Waals surface area contributed by atoms with Crippen LogP contribution in [0.2, 0.25) is 0 Å². The van der Waals surface area contributed by atoms with Crippen molar-refractivity contribution in [1.82, 2.24) is 0 Å². The largest absolute Gasteiger partial charge is 0.506 e. The molecule has 5 nitrogen and oxygen atoms in total. The molecule has 2 aromatic carbocycles. The van der Waals surface area contributed by atoms with Crippen molar-refractivity contribution in [2.75, 3.05) is 19.0 Å². The monoisotopic (exact) mass is 306 g/mol. The van der Waals surface area contributed by atoms with Gasteiger partial charge in [0, 0.05) is 32.4 Å². The second kappa shape index (κ2) is 7.61. The molecule has 0 saturated carbocycles. The summed E-state index contributed by atoms with van der Waals surface area (Å²) in [6, 6.07) is 12.8. The molecule has 0 bridgehead atoms. The van der Waals surface area contributed by atoms with Crippen molar-refractivity contribution in [3.8, 4) is 5.75 Å². The average Bonchev–Trinajstić information content (AvgIpc) is 2.46. The van der Waals surface area contributed by atoms with Crippen LogP contribution >= 0.6 is 12.4 Å². The Bertz CT molecular complexity index is 612. The quantitative estimate of drug-likeness (QED) is 0.845. The maximum Gasteiger partial charge on any atom is 0.145 e. The Morgan fingerprint density at radius 2 is 1.71 bits per heavy atom. The summed E-state index contributed by atoms with van der Waals surface area (Å²) in [7, 11) is 3.82. The normalized spacial score (nSPS) is 10.4. The van der Waals surface area contributed by atoms with Gasteiger partial charge in [-0.05, 0) is 29.8 Å². The van der Waals surface area contributed by atoms with Gasteiger partial charge in [-0.15, -0.1) is 17.5 Å². The molecular formula is C15H19ClN4O. The van der Waals surface area contributed by atoms with Crippen molar-refractivity contribution in [1.29, 1.82) is 0 Å². The molecule has 0 spiro atoms. The molecule has 2 rings (SSSR count). The second-order valence-corrected chi connectivity index (χ2v) is 4.64. The predicted octanol–water partition coefficient (Wildman–Crippen LogP) is 3.75. The van der Waals surface area contributed by atoms with Crippen molar-refractivity contribution < 1.29 is 5.11 Å². The van der Waals surface area contributed by atoms with E-state index in [4.69, 9.17) is 5.73 Å². The summed E-state index contributed by atoms with van der Waals surface area (Å²) in [5.74, 6) is 0.110. The molecule has 2 aromatic rings. The number of nitrogens with zero attached hydrogens (tertiary/aromatic N) is 3. The van der Waals surface area contributed by atoms with Crippen molar-refractivity contribution in [3.05, 3.63) is 48.0 Å². The lowest BCUT2D eigenvalue weighted by Crippen LogP contribution is -2.07. The molecule has 0 aromatic heterocycles. The predicted molar refractivity (Wildman–Crippen MR) is 88.2 cm³/mol. The van der Waals surface area contributed by atoms with E-state index in [0.29, 0.717) is 12.2 Å². The van der Waals surface area contributed by atoms with E-state index >= 15 is 0 Å². The first-order valence-corrected chi connectivity index (χ1v) is 6.31. The van der Waals surface area contributed by atoms with Gasteiger partial charge < -0.3 is 15.7 Å². The van der Waals surface area contributed by atoms with Crippen molar-refractivity contribution in [3.63, 3.8) is 0 Å². The summed E-state index contributed by atoms with van der Waals surface area (Å²) in [5.41, 5.74) is 8.65. The first-order chi connectivity index (χ1) is 9.60. The fraction of sp³-hybridized carbons (Fsp3) is 0.200. The van der Waals surface area contributed by atoms with Gasteiger partial charge in [-0.1, -0.05) is 12.1 Å². The van der Waals surface area contributed by atoms with Gasteiger partial charge in [0.15, 0.2) is 0 Å². The van der Waals surface area contributed by atoms with Crippen LogP contribution in [-0.4, -0.2) is 19.2 Å². The van der Waals surface area contributed by atoms with E-state index < -0.39 is 0 Å². The number of hydrogen-bond donors (Lipinski definition) is 2. The number of phenolic OH excluding ortho intramolecular Hbond substituents is 1. The lowest BCUT2D eigenvalue weighted by Gasteiger charge is -2.12. The molecule has 0 atom stereocenters. The summed E-state index contributed by atoms with van der Waals surface area (Å²) in [6.45, 7) is 0.504. The number of phenols is 1. The third-order valence-electron chi connectivity index (χ3n) is 2.92. The second-order valence-electron chi connectivity index (χ2n) is 4.64. The van der Waals surface area contributed by atoms with E-state index in [1.54, 1.807) is 12.1 Å². The molecule has 3 N–H and O–H groups in total. The fourth-order valence-corrected chi connectivity index (χ4v) is 1.68. The van der Waals surface area contributed by atoms with Crippen LogP contribution in [0.1, 0.15) is 5.56 Å². The van der Waals surface area contributed by atoms with Crippen LogP contribution in [0.4, 0.5) is 17.1 Å². The molecule has 0 amide bonds. The standard InChI is InChI=1S/C15H18N4O.ClH/c1-19(2)13-7-8-14(15(20)9-13)18-17-12-5-3-11(10-16)4-6-12;/h3-9,20H,10,16H2,1-2H3;1H. The molecule has 0 heterocycles. The minimum absolute atomic E-state index is 0. The van der Waals surface area contributed by atoms with Crippen LogP contribution in [0.5, 0.6) is 5.75 Å². The highest BCUT2D eigenvalue weighted by Crippen LogP contribution is 2.31. The average molecular weight is 307 g/mol. The molecule has 0 saturated heterocycles. The number of rotatable bonds is 4. The topological polar surface area (TPSA) is 74.2 Å². The van der Waals surface area contributed by atoms with Crippen LogP contribution < -0.4 is 10.6 Å².